The minimum absolute atomic E-state index is 0.0292. The minimum Gasteiger partial charge on any atom is -0.481 e. The van der Waals surface area contributed by atoms with Gasteiger partial charge in [0, 0.05) is 25.2 Å². The Labute approximate surface area is 150 Å². The van der Waals surface area contributed by atoms with Gasteiger partial charge < -0.3 is 5.11 Å². The topological polar surface area (TPSA) is 71.4 Å². The Balaban J connectivity index is 0.000000415. The van der Waals surface area contributed by atoms with Crippen LogP contribution >= 0.6 is 0 Å². The molecule has 25 heavy (non-hydrogen) atoms. The third-order valence-electron chi connectivity index (χ3n) is 7.75. The molecule has 0 radical (unpaired) electrons. The van der Waals surface area contributed by atoms with E-state index in [0.29, 0.717) is 35.2 Å². The molecule has 0 heterocycles. The molecule has 0 saturated heterocycles. The van der Waals surface area contributed by atoms with Gasteiger partial charge in [0.05, 0.1) is 0 Å². The zero-order chi connectivity index (χ0) is 18.4. The van der Waals surface area contributed by atoms with Crippen LogP contribution in [0.2, 0.25) is 0 Å². The zero-order valence-electron chi connectivity index (χ0n) is 15.6. The third kappa shape index (κ3) is 2.98. The standard InChI is InChI=1S/C19H26O2.C2H4O2/c1-18-9-7-13(20)11-12(18)3-4-14-15-5-6-17(21)19(15,2)10-8-16(14)18;1-2(3)4/h7,9,12,14-16H,3-6,8,10-11H2,1-2H3;1H3,(H,3,4)/t12?,14-,15-,16-,18-,19-;/m0./s1. The van der Waals surface area contributed by atoms with Crippen molar-refractivity contribution in [3.05, 3.63) is 12.2 Å². The molecule has 1 unspecified atom stereocenters. The molecule has 3 saturated carbocycles. The Morgan fingerprint density at radius 1 is 1.12 bits per heavy atom. The fraction of sp³-hybridized carbons (Fsp3) is 0.762. The van der Waals surface area contributed by atoms with Gasteiger partial charge in [-0.05, 0) is 67.3 Å². The summed E-state index contributed by atoms with van der Waals surface area (Å²) in [4.78, 5) is 33.1. The highest BCUT2D eigenvalue weighted by atomic mass is 16.4. The number of hydrogen-bond donors (Lipinski definition) is 1. The van der Waals surface area contributed by atoms with Gasteiger partial charge in [0.1, 0.15) is 5.78 Å². The largest absolute Gasteiger partial charge is 0.481 e. The first-order valence-corrected chi connectivity index (χ1v) is 9.63. The first-order chi connectivity index (χ1) is 11.7. The molecule has 4 heteroatoms. The van der Waals surface area contributed by atoms with Crippen LogP contribution in [0.4, 0.5) is 0 Å². The summed E-state index contributed by atoms with van der Waals surface area (Å²) < 4.78 is 0. The SMILES string of the molecule is CC(=O)O.C[C@]12C=CC(=O)CC1CC[C@@H]1[C@@H]2CC[C@]2(C)C(=O)CC[C@@H]12. The van der Waals surface area contributed by atoms with Crippen LogP contribution in [0.15, 0.2) is 12.2 Å². The molecule has 0 aromatic heterocycles. The Kier molecular flexibility index (Phi) is 4.67. The number of aliphatic carboxylic acids is 1. The third-order valence-corrected chi connectivity index (χ3v) is 7.75. The van der Waals surface area contributed by atoms with Gasteiger partial charge in [0.25, 0.3) is 5.97 Å². The summed E-state index contributed by atoms with van der Waals surface area (Å²) in [5.74, 6) is 2.53. The van der Waals surface area contributed by atoms with E-state index in [1.807, 2.05) is 6.08 Å². The predicted molar refractivity (Wildman–Crippen MR) is 95.0 cm³/mol. The molecule has 4 aliphatic carbocycles. The maximum absolute atomic E-state index is 12.4. The van der Waals surface area contributed by atoms with Gasteiger partial charge in [0.15, 0.2) is 5.78 Å². The Bertz CT molecular complexity index is 617. The predicted octanol–water partition coefficient (Wildman–Crippen LogP) is 4.03. The number of carboxylic acid groups (broad SMARTS) is 1. The number of carbonyl (C=O) groups excluding carboxylic acids is 2. The van der Waals surface area contributed by atoms with E-state index in [4.69, 9.17) is 9.90 Å². The average molecular weight is 346 g/mol. The lowest BCUT2D eigenvalue weighted by molar-refractivity contribution is -0.135. The van der Waals surface area contributed by atoms with Crippen LogP contribution < -0.4 is 0 Å². The second-order valence-corrected chi connectivity index (χ2v) is 8.96. The van der Waals surface area contributed by atoms with Crippen LogP contribution in [0.3, 0.4) is 0 Å². The molecular formula is C21H30O4. The monoisotopic (exact) mass is 346 g/mol. The lowest BCUT2D eigenvalue weighted by atomic mass is 9.46. The first kappa shape index (κ1) is 18.3. The van der Waals surface area contributed by atoms with Gasteiger partial charge in [-0.3, -0.25) is 14.4 Å². The van der Waals surface area contributed by atoms with Gasteiger partial charge >= 0.3 is 0 Å². The second kappa shape index (κ2) is 6.37. The fourth-order valence-electron chi connectivity index (χ4n) is 6.41. The summed E-state index contributed by atoms with van der Waals surface area (Å²) in [5, 5.41) is 7.42. The van der Waals surface area contributed by atoms with Crippen molar-refractivity contribution in [2.45, 2.75) is 65.7 Å². The van der Waals surface area contributed by atoms with Crippen molar-refractivity contribution >= 4 is 17.5 Å². The van der Waals surface area contributed by atoms with Crippen molar-refractivity contribution in [3.63, 3.8) is 0 Å². The highest BCUT2D eigenvalue weighted by molar-refractivity contribution is 5.91. The van der Waals surface area contributed by atoms with Crippen LogP contribution in [0, 0.1) is 34.5 Å². The second-order valence-electron chi connectivity index (χ2n) is 8.96. The normalized spacial score (nSPS) is 44.9. The molecule has 138 valence electrons. The lowest BCUT2D eigenvalue weighted by Crippen LogP contribution is -2.52. The van der Waals surface area contributed by atoms with Crippen LogP contribution in [0.1, 0.15) is 65.7 Å². The summed E-state index contributed by atoms with van der Waals surface area (Å²) >= 11 is 0. The maximum atomic E-state index is 12.4. The van der Waals surface area contributed by atoms with E-state index in [1.165, 1.54) is 19.3 Å². The van der Waals surface area contributed by atoms with Gasteiger partial charge in [-0.2, -0.15) is 0 Å². The summed E-state index contributed by atoms with van der Waals surface area (Å²) in [7, 11) is 0. The van der Waals surface area contributed by atoms with Crippen molar-refractivity contribution in [2.24, 2.45) is 34.5 Å². The van der Waals surface area contributed by atoms with Crippen LogP contribution in [0.5, 0.6) is 0 Å². The van der Waals surface area contributed by atoms with Gasteiger partial charge in [-0.15, -0.1) is 0 Å². The van der Waals surface area contributed by atoms with E-state index in [-0.39, 0.29) is 10.8 Å². The van der Waals surface area contributed by atoms with Gasteiger partial charge in [0.2, 0.25) is 0 Å². The Morgan fingerprint density at radius 3 is 2.48 bits per heavy atom. The molecular weight excluding hydrogens is 316 g/mol. The Morgan fingerprint density at radius 2 is 1.80 bits per heavy atom. The van der Waals surface area contributed by atoms with E-state index < -0.39 is 5.97 Å². The molecule has 0 aromatic carbocycles. The fourth-order valence-corrected chi connectivity index (χ4v) is 6.41. The van der Waals surface area contributed by atoms with Crippen LogP contribution in [-0.2, 0) is 14.4 Å². The van der Waals surface area contributed by atoms with E-state index in [0.717, 1.165) is 32.6 Å². The molecule has 0 bridgehead atoms. The molecule has 0 aliphatic heterocycles. The lowest BCUT2D eigenvalue weighted by Gasteiger charge is -2.57. The first-order valence-electron chi connectivity index (χ1n) is 9.63. The van der Waals surface area contributed by atoms with Crippen molar-refractivity contribution in [1.82, 2.24) is 0 Å². The number of hydrogen-bond acceptors (Lipinski definition) is 3. The van der Waals surface area contributed by atoms with Crippen LogP contribution in [-0.4, -0.2) is 22.6 Å². The Hall–Kier alpha value is -1.45. The van der Waals surface area contributed by atoms with E-state index in [1.54, 1.807) is 0 Å². The van der Waals surface area contributed by atoms with Gasteiger partial charge in [-0.1, -0.05) is 19.9 Å². The van der Waals surface area contributed by atoms with E-state index in [2.05, 4.69) is 19.9 Å². The molecule has 0 amide bonds. The number of rotatable bonds is 0. The number of fused-ring (bicyclic) bond motifs is 5. The maximum Gasteiger partial charge on any atom is 0.300 e. The molecule has 4 nitrogen and oxygen atoms in total. The molecule has 4 aliphatic rings. The molecule has 0 spiro atoms. The highest BCUT2D eigenvalue weighted by Crippen LogP contribution is 2.64. The molecule has 3 fully saturated rings. The van der Waals surface area contributed by atoms with Crippen molar-refractivity contribution < 1.29 is 19.5 Å². The number of carboxylic acids is 1. The molecule has 1 N–H and O–H groups in total. The number of ketones is 2. The highest BCUT2D eigenvalue weighted by Gasteiger charge is 2.59. The summed E-state index contributed by atoms with van der Waals surface area (Å²) in [6.07, 6.45) is 11.4. The summed E-state index contributed by atoms with van der Waals surface area (Å²) in [6.45, 7) is 5.70. The average Bonchev–Trinajstić information content (AvgIpc) is 2.83. The molecule has 0 aromatic rings. The minimum atomic E-state index is -0.833. The van der Waals surface area contributed by atoms with E-state index in [9.17, 15) is 9.59 Å². The molecule has 6 atom stereocenters. The molecule has 4 rings (SSSR count). The number of Topliss-reactive ketones (excluding diaryl/α,β-unsaturated/α-hetero) is 1. The zero-order valence-corrected chi connectivity index (χ0v) is 15.6. The summed E-state index contributed by atoms with van der Waals surface area (Å²) in [6, 6.07) is 0. The van der Waals surface area contributed by atoms with Gasteiger partial charge in [-0.25, -0.2) is 0 Å². The van der Waals surface area contributed by atoms with E-state index >= 15 is 0 Å². The van der Waals surface area contributed by atoms with Crippen molar-refractivity contribution in [1.29, 1.82) is 0 Å². The van der Waals surface area contributed by atoms with Crippen molar-refractivity contribution in [2.75, 3.05) is 0 Å². The summed E-state index contributed by atoms with van der Waals surface area (Å²) in [5.41, 5.74) is 0.169. The quantitative estimate of drug-likeness (QED) is 0.719. The number of carbonyl (C=O) groups is 3. The van der Waals surface area contributed by atoms with Crippen LogP contribution in [0.25, 0.3) is 0 Å². The van der Waals surface area contributed by atoms with Crippen molar-refractivity contribution in [3.8, 4) is 0 Å². The smallest absolute Gasteiger partial charge is 0.300 e. The number of allylic oxidation sites excluding steroid dienone is 2.